The molecule has 0 spiro atoms. The van der Waals surface area contributed by atoms with E-state index >= 15 is 0 Å². The van der Waals surface area contributed by atoms with Gasteiger partial charge in [-0.15, -0.1) is 0 Å². The van der Waals surface area contributed by atoms with Crippen LogP contribution in [-0.2, 0) is 11.2 Å². The molecule has 0 bridgehead atoms. The Bertz CT molecular complexity index is 689. The van der Waals surface area contributed by atoms with Crippen LogP contribution in [-0.4, -0.2) is 12.5 Å². The van der Waals surface area contributed by atoms with Crippen molar-refractivity contribution in [2.45, 2.75) is 39.0 Å². The Hall–Kier alpha value is -1.52. The summed E-state index contributed by atoms with van der Waals surface area (Å²) in [5, 5.41) is 3.62. The first kappa shape index (κ1) is 19.8. The highest BCUT2D eigenvalue weighted by Crippen LogP contribution is 2.24. The van der Waals surface area contributed by atoms with Gasteiger partial charge < -0.3 is 10.1 Å². The maximum Gasteiger partial charge on any atom is 0.224 e. The van der Waals surface area contributed by atoms with Gasteiger partial charge in [0.05, 0.1) is 12.3 Å². The zero-order chi connectivity index (χ0) is 18.1. The van der Waals surface area contributed by atoms with Gasteiger partial charge in [-0.3, -0.25) is 4.79 Å². The summed E-state index contributed by atoms with van der Waals surface area (Å²) >= 11 is 9.36. The summed E-state index contributed by atoms with van der Waals surface area (Å²) in [4.78, 5) is 12.1. The highest BCUT2D eigenvalue weighted by Gasteiger charge is 2.07. The van der Waals surface area contributed by atoms with E-state index < -0.39 is 0 Å². The van der Waals surface area contributed by atoms with Crippen LogP contribution in [0.5, 0.6) is 5.75 Å². The molecule has 25 heavy (non-hydrogen) atoms. The van der Waals surface area contributed by atoms with Crippen molar-refractivity contribution < 1.29 is 9.53 Å². The van der Waals surface area contributed by atoms with Crippen molar-refractivity contribution in [2.24, 2.45) is 0 Å². The molecule has 2 aromatic carbocycles. The molecule has 0 unspecified atom stereocenters. The minimum absolute atomic E-state index is 0.0123. The molecule has 0 radical (unpaired) electrons. The van der Waals surface area contributed by atoms with Gasteiger partial charge in [0, 0.05) is 15.9 Å². The van der Waals surface area contributed by atoms with Gasteiger partial charge in [-0.1, -0.05) is 31.0 Å². The molecule has 0 aliphatic rings. The number of carbonyl (C=O) groups is 1. The molecular weight excluding hydrogens is 402 g/mol. The number of rotatable bonds is 9. The Balaban J connectivity index is 1.73. The van der Waals surface area contributed by atoms with Crippen molar-refractivity contribution in [2.75, 3.05) is 11.9 Å². The molecule has 0 saturated carbocycles. The monoisotopic (exact) mass is 423 g/mol. The van der Waals surface area contributed by atoms with Crippen molar-refractivity contribution in [3.63, 3.8) is 0 Å². The fraction of sp³-hybridized carbons (Fsp3) is 0.350. The van der Waals surface area contributed by atoms with Gasteiger partial charge in [0.15, 0.2) is 0 Å². The second-order valence-electron chi connectivity index (χ2n) is 5.87. The normalized spacial score (nSPS) is 10.5. The lowest BCUT2D eigenvalue weighted by Gasteiger charge is -2.10. The average Bonchev–Trinajstić information content (AvgIpc) is 2.60. The van der Waals surface area contributed by atoms with E-state index in [0.29, 0.717) is 24.5 Å². The Morgan fingerprint density at radius 3 is 2.60 bits per heavy atom. The molecule has 0 fully saturated rings. The fourth-order valence-corrected chi connectivity index (χ4v) is 3.01. The van der Waals surface area contributed by atoms with Crippen molar-refractivity contribution >= 4 is 39.1 Å². The van der Waals surface area contributed by atoms with Crippen LogP contribution < -0.4 is 10.1 Å². The van der Waals surface area contributed by atoms with Crippen molar-refractivity contribution in [3.05, 3.63) is 57.5 Å². The van der Waals surface area contributed by atoms with Crippen molar-refractivity contribution in [1.29, 1.82) is 0 Å². The SMILES string of the molecule is CCCCc1ccc(NC(=O)CCCOc2ccc(Cl)cc2)c(Br)c1. The molecule has 0 aliphatic carbocycles. The van der Waals surface area contributed by atoms with Crippen LogP contribution in [0.15, 0.2) is 46.9 Å². The predicted molar refractivity (Wildman–Crippen MR) is 108 cm³/mol. The lowest BCUT2D eigenvalue weighted by molar-refractivity contribution is -0.116. The highest BCUT2D eigenvalue weighted by atomic mass is 79.9. The summed E-state index contributed by atoms with van der Waals surface area (Å²) in [7, 11) is 0. The van der Waals surface area contributed by atoms with Crippen molar-refractivity contribution in [1.82, 2.24) is 0 Å². The number of hydrogen-bond donors (Lipinski definition) is 1. The number of anilines is 1. The van der Waals surface area contributed by atoms with Crippen LogP contribution in [0.4, 0.5) is 5.69 Å². The first-order valence-electron chi connectivity index (χ1n) is 8.55. The number of carbonyl (C=O) groups excluding carboxylic acids is 1. The molecule has 0 atom stereocenters. The minimum Gasteiger partial charge on any atom is -0.494 e. The number of aryl methyl sites for hydroxylation is 1. The quantitative estimate of drug-likeness (QED) is 0.484. The van der Waals surface area contributed by atoms with Crippen LogP contribution >= 0.6 is 27.5 Å². The molecule has 1 N–H and O–H groups in total. The zero-order valence-corrected chi connectivity index (χ0v) is 16.7. The summed E-state index contributed by atoms with van der Waals surface area (Å²) in [5.74, 6) is 0.747. The molecule has 1 amide bonds. The average molecular weight is 425 g/mol. The van der Waals surface area contributed by atoms with E-state index in [1.165, 1.54) is 18.4 Å². The minimum atomic E-state index is -0.0123. The number of nitrogens with one attached hydrogen (secondary N) is 1. The van der Waals surface area contributed by atoms with Crippen LogP contribution in [0.25, 0.3) is 0 Å². The van der Waals surface area contributed by atoms with Gasteiger partial charge in [-0.05, 0) is 77.2 Å². The Morgan fingerprint density at radius 1 is 1.16 bits per heavy atom. The van der Waals surface area contributed by atoms with E-state index in [1.54, 1.807) is 12.1 Å². The molecule has 134 valence electrons. The molecule has 0 aromatic heterocycles. The van der Waals surface area contributed by atoms with Crippen molar-refractivity contribution in [3.8, 4) is 5.75 Å². The van der Waals surface area contributed by atoms with E-state index in [4.69, 9.17) is 16.3 Å². The molecule has 5 heteroatoms. The van der Waals surface area contributed by atoms with E-state index in [2.05, 4.69) is 40.3 Å². The summed E-state index contributed by atoms with van der Waals surface area (Å²) in [6.07, 6.45) is 4.48. The van der Waals surface area contributed by atoms with Gasteiger partial charge >= 0.3 is 0 Å². The standard InChI is InChI=1S/C20H23BrClNO2/c1-2-3-5-15-7-12-19(18(21)14-15)23-20(24)6-4-13-25-17-10-8-16(22)9-11-17/h7-12,14H,2-6,13H2,1H3,(H,23,24). The summed E-state index contributed by atoms with van der Waals surface area (Å²) in [5.41, 5.74) is 2.09. The maximum atomic E-state index is 12.1. The third-order valence-electron chi connectivity index (χ3n) is 3.76. The summed E-state index contributed by atoms with van der Waals surface area (Å²) < 4.78 is 6.51. The number of halogens is 2. The van der Waals surface area contributed by atoms with Crippen LogP contribution in [0.1, 0.15) is 38.2 Å². The van der Waals surface area contributed by atoms with Crippen LogP contribution in [0, 0.1) is 0 Å². The fourth-order valence-electron chi connectivity index (χ4n) is 2.36. The van der Waals surface area contributed by atoms with Gasteiger partial charge in [0.25, 0.3) is 0 Å². The van der Waals surface area contributed by atoms with E-state index in [-0.39, 0.29) is 5.91 Å². The smallest absolute Gasteiger partial charge is 0.224 e. The van der Waals surface area contributed by atoms with Gasteiger partial charge in [-0.2, -0.15) is 0 Å². The molecular formula is C20H23BrClNO2. The predicted octanol–water partition coefficient (Wildman–Crippen LogP) is 6.24. The number of benzene rings is 2. The number of hydrogen-bond acceptors (Lipinski definition) is 2. The summed E-state index contributed by atoms with van der Waals surface area (Å²) in [6.45, 7) is 2.67. The number of unbranched alkanes of at least 4 members (excludes halogenated alkanes) is 1. The van der Waals surface area contributed by atoms with E-state index in [0.717, 1.165) is 22.3 Å². The molecule has 3 nitrogen and oxygen atoms in total. The summed E-state index contributed by atoms with van der Waals surface area (Å²) in [6, 6.07) is 13.3. The maximum absolute atomic E-state index is 12.1. The largest absolute Gasteiger partial charge is 0.494 e. The molecule has 0 aliphatic heterocycles. The number of ether oxygens (including phenoxy) is 1. The second-order valence-corrected chi connectivity index (χ2v) is 7.16. The van der Waals surface area contributed by atoms with Gasteiger partial charge in [-0.25, -0.2) is 0 Å². The topological polar surface area (TPSA) is 38.3 Å². The van der Waals surface area contributed by atoms with Crippen LogP contribution in [0.2, 0.25) is 5.02 Å². The van der Waals surface area contributed by atoms with Crippen LogP contribution in [0.3, 0.4) is 0 Å². The lowest BCUT2D eigenvalue weighted by Crippen LogP contribution is -2.13. The van der Waals surface area contributed by atoms with Gasteiger partial charge in [0.1, 0.15) is 5.75 Å². The Morgan fingerprint density at radius 2 is 1.92 bits per heavy atom. The third kappa shape index (κ3) is 7.09. The second kappa shape index (κ2) is 10.5. The van der Waals surface area contributed by atoms with Gasteiger partial charge in [0.2, 0.25) is 5.91 Å². The molecule has 2 rings (SSSR count). The Labute approximate surface area is 162 Å². The Kier molecular flexibility index (Phi) is 8.29. The highest BCUT2D eigenvalue weighted by molar-refractivity contribution is 9.10. The molecule has 2 aromatic rings. The molecule has 0 saturated heterocycles. The van der Waals surface area contributed by atoms with E-state index in [9.17, 15) is 4.79 Å². The molecule has 0 heterocycles. The third-order valence-corrected chi connectivity index (χ3v) is 4.67. The first-order chi connectivity index (χ1) is 12.1. The van der Waals surface area contributed by atoms with E-state index in [1.807, 2.05) is 18.2 Å². The number of amides is 1. The zero-order valence-electron chi connectivity index (χ0n) is 14.4. The first-order valence-corrected chi connectivity index (χ1v) is 9.72. The lowest BCUT2D eigenvalue weighted by atomic mass is 10.1.